The Morgan fingerprint density at radius 1 is 1.11 bits per heavy atom. The van der Waals surface area contributed by atoms with Crippen LogP contribution in [0.15, 0.2) is 48.5 Å². The molecule has 27 heavy (non-hydrogen) atoms. The predicted octanol–water partition coefficient (Wildman–Crippen LogP) is 3.58. The Kier molecular flexibility index (Phi) is 4.87. The molecule has 2 aromatic carbocycles. The number of benzene rings is 2. The minimum absolute atomic E-state index is 0.0268. The highest BCUT2D eigenvalue weighted by Crippen LogP contribution is 2.35. The molecular weight excluding hydrogens is 341 g/mol. The number of amides is 2. The normalized spacial score (nSPS) is 24.3. The number of carbonyl (C=O) groups is 1. The predicted molar refractivity (Wildman–Crippen MR) is 104 cm³/mol. The molecule has 4 nitrogen and oxygen atoms in total. The van der Waals surface area contributed by atoms with Crippen molar-refractivity contribution >= 4 is 6.03 Å². The van der Waals surface area contributed by atoms with Crippen LogP contribution in [0.3, 0.4) is 0 Å². The summed E-state index contributed by atoms with van der Waals surface area (Å²) in [5.74, 6) is -0.261. The van der Waals surface area contributed by atoms with E-state index >= 15 is 0 Å². The van der Waals surface area contributed by atoms with Gasteiger partial charge in [-0.25, -0.2) is 9.18 Å². The van der Waals surface area contributed by atoms with E-state index in [9.17, 15) is 9.18 Å². The summed E-state index contributed by atoms with van der Waals surface area (Å²) in [6.45, 7) is 0.661. The number of halogens is 1. The second-order valence-electron chi connectivity index (χ2n) is 7.83. The van der Waals surface area contributed by atoms with Crippen molar-refractivity contribution in [3.05, 3.63) is 71.0 Å². The van der Waals surface area contributed by atoms with E-state index < -0.39 is 0 Å². The van der Waals surface area contributed by atoms with Crippen LogP contribution in [0.25, 0.3) is 0 Å². The molecule has 1 aliphatic carbocycles. The molecule has 0 spiro atoms. The molecule has 142 valence electrons. The van der Waals surface area contributed by atoms with Gasteiger partial charge in [0.2, 0.25) is 0 Å². The van der Waals surface area contributed by atoms with E-state index in [1.807, 2.05) is 17.0 Å². The first-order valence-corrected chi connectivity index (χ1v) is 9.60. The van der Waals surface area contributed by atoms with Gasteiger partial charge < -0.3 is 15.1 Å². The van der Waals surface area contributed by atoms with Crippen LogP contribution in [0.4, 0.5) is 9.18 Å². The number of hydrogen-bond donors (Lipinski definition) is 1. The molecule has 0 saturated heterocycles. The van der Waals surface area contributed by atoms with Gasteiger partial charge in [-0.05, 0) is 62.2 Å². The molecule has 0 aromatic heterocycles. The molecule has 2 aromatic rings. The molecule has 0 radical (unpaired) electrons. The highest BCUT2D eigenvalue weighted by atomic mass is 19.1. The van der Waals surface area contributed by atoms with E-state index in [0.717, 1.165) is 30.4 Å². The number of nitrogens with one attached hydrogen (secondary N) is 1. The van der Waals surface area contributed by atoms with E-state index in [0.29, 0.717) is 12.6 Å². The molecule has 1 fully saturated rings. The highest BCUT2D eigenvalue weighted by Gasteiger charge is 2.36. The standard InChI is InChI=1S/C22H26FN3O/c1-25(2)19-13-18(14-19)24-22(27)26-12-11-15-5-3-4-6-20(15)21(26)16-7-9-17(23)10-8-16/h3-10,18-19,21H,11-14H2,1-2H3,(H,24,27)/t18?,19?,21-/m0/s1. The molecule has 0 unspecified atom stereocenters. The number of rotatable bonds is 3. The average Bonchev–Trinajstić information content (AvgIpc) is 2.63. The molecule has 2 aliphatic rings. The van der Waals surface area contributed by atoms with Gasteiger partial charge in [0.25, 0.3) is 0 Å². The van der Waals surface area contributed by atoms with Crippen molar-refractivity contribution in [1.82, 2.24) is 15.1 Å². The van der Waals surface area contributed by atoms with Crippen LogP contribution in [0.1, 0.15) is 35.6 Å². The Labute approximate surface area is 160 Å². The first kappa shape index (κ1) is 18.0. The molecule has 1 aliphatic heterocycles. The van der Waals surface area contributed by atoms with Crippen LogP contribution in [-0.2, 0) is 6.42 Å². The maximum absolute atomic E-state index is 13.4. The molecule has 1 heterocycles. The van der Waals surface area contributed by atoms with Crippen LogP contribution in [0, 0.1) is 5.82 Å². The second kappa shape index (κ2) is 7.31. The summed E-state index contributed by atoms with van der Waals surface area (Å²) in [7, 11) is 4.16. The van der Waals surface area contributed by atoms with Crippen molar-refractivity contribution < 1.29 is 9.18 Å². The molecule has 1 atom stereocenters. The minimum atomic E-state index is -0.261. The number of nitrogens with zero attached hydrogens (tertiary/aromatic N) is 2. The first-order valence-electron chi connectivity index (χ1n) is 9.60. The maximum Gasteiger partial charge on any atom is 0.318 e. The number of fused-ring (bicyclic) bond motifs is 1. The van der Waals surface area contributed by atoms with Gasteiger partial charge in [0.1, 0.15) is 5.82 Å². The summed E-state index contributed by atoms with van der Waals surface area (Å²) in [4.78, 5) is 17.2. The van der Waals surface area contributed by atoms with E-state index in [1.54, 1.807) is 12.1 Å². The van der Waals surface area contributed by atoms with Crippen LogP contribution < -0.4 is 5.32 Å². The summed E-state index contributed by atoms with van der Waals surface area (Å²) in [5.41, 5.74) is 3.33. The van der Waals surface area contributed by atoms with E-state index in [4.69, 9.17) is 0 Å². The number of urea groups is 1. The van der Waals surface area contributed by atoms with Gasteiger partial charge >= 0.3 is 6.03 Å². The third-order valence-electron chi connectivity index (χ3n) is 5.90. The number of carbonyl (C=O) groups excluding carboxylic acids is 1. The zero-order valence-corrected chi connectivity index (χ0v) is 15.9. The van der Waals surface area contributed by atoms with Gasteiger partial charge in [0.15, 0.2) is 0 Å². The highest BCUT2D eigenvalue weighted by molar-refractivity contribution is 5.76. The van der Waals surface area contributed by atoms with Crippen LogP contribution >= 0.6 is 0 Å². The van der Waals surface area contributed by atoms with Crippen molar-refractivity contribution in [3.63, 3.8) is 0 Å². The summed E-state index contributed by atoms with van der Waals surface area (Å²) >= 11 is 0. The van der Waals surface area contributed by atoms with Gasteiger partial charge in [-0.1, -0.05) is 36.4 Å². The molecule has 2 amide bonds. The van der Waals surface area contributed by atoms with Crippen molar-refractivity contribution in [2.45, 2.75) is 37.4 Å². The fourth-order valence-corrected chi connectivity index (χ4v) is 4.17. The third kappa shape index (κ3) is 3.56. The van der Waals surface area contributed by atoms with E-state index in [2.05, 4.69) is 36.4 Å². The van der Waals surface area contributed by atoms with E-state index in [1.165, 1.54) is 17.7 Å². The van der Waals surface area contributed by atoms with Crippen molar-refractivity contribution in [2.75, 3.05) is 20.6 Å². The Balaban J connectivity index is 1.57. The molecular formula is C22H26FN3O. The molecule has 1 N–H and O–H groups in total. The van der Waals surface area contributed by atoms with Crippen molar-refractivity contribution in [1.29, 1.82) is 0 Å². The summed E-state index contributed by atoms with van der Waals surface area (Å²) in [6.07, 6.45) is 2.82. The quantitative estimate of drug-likeness (QED) is 0.900. The lowest BCUT2D eigenvalue weighted by molar-refractivity contribution is 0.131. The van der Waals surface area contributed by atoms with Crippen LogP contribution in [0.5, 0.6) is 0 Å². The van der Waals surface area contributed by atoms with Gasteiger partial charge in [-0.3, -0.25) is 0 Å². The van der Waals surface area contributed by atoms with Crippen molar-refractivity contribution in [3.8, 4) is 0 Å². The SMILES string of the molecule is CN(C)C1CC(NC(=O)N2CCc3ccccc3[C@@H]2c2ccc(F)cc2)C1. The zero-order chi connectivity index (χ0) is 19.0. The van der Waals surface area contributed by atoms with Gasteiger partial charge in [0, 0.05) is 18.6 Å². The fraction of sp³-hybridized carbons (Fsp3) is 0.409. The van der Waals surface area contributed by atoms with Gasteiger partial charge in [0.05, 0.1) is 6.04 Å². The lowest BCUT2D eigenvalue weighted by Crippen LogP contribution is -2.56. The molecule has 5 heteroatoms. The second-order valence-corrected chi connectivity index (χ2v) is 7.83. The molecule has 4 rings (SSSR count). The van der Waals surface area contributed by atoms with Crippen LogP contribution in [-0.4, -0.2) is 48.6 Å². The third-order valence-corrected chi connectivity index (χ3v) is 5.90. The Morgan fingerprint density at radius 3 is 2.52 bits per heavy atom. The molecule has 0 bridgehead atoms. The van der Waals surface area contributed by atoms with E-state index in [-0.39, 0.29) is 23.9 Å². The smallest absolute Gasteiger partial charge is 0.318 e. The first-order chi connectivity index (χ1) is 13.0. The summed E-state index contributed by atoms with van der Waals surface area (Å²) in [5, 5.41) is 3.20. The topological polar surface area (TPSA) is 35.6 Å². The van der Waals surface area contributed by atoms with Gasteiger partial charge in [-0.15, -0.1) is 0 Å². The lowest BCUT2D eigenvalue weighted by Gasteiger charge is -2.43. The lowest BCUT2D eigenvalue weighted by atomic mass is 9.85. The zero-order valence-electron chi connectivity index (χ0n) is 15.9. The van der Waals surface area contributed by atoms with Gasteiger partial charge in [-0.2, -0.15) is 0 Å². The fourth-order valence-electron chi connectivity index (χ4n) is 4.17. The Morgan fingerprint density at radius 2 is 1.81 bits per heavy atom. The molecule has 1 saturated carbocycles. The largest absolute Gasteiger partial charge is 0.335 e. The Hall–Kier alpha value is -2.40. The number of hydrogen-bond acceptors (Lipinski definition) is 2. The van der Waals surface area contributed by atoms with Crippen molar-refractivity contribution in [2.24, 2.45) is 0 Å². The van der Waals surface area contributed by atoms with Crippen LogP contribution in [0.2, 0.25) is 0 Å². The summed E-state index contributed by atoms with van der Waals surface area (Å²) < 4.78 is 13.4. The maximum atomic E-state index is 13.4. The summed E-state index contributed by atoms with van der Waals surface area (Å²) in [6, 6.07) is 15.3. The Bertz CT molecular complexity index is 815. The minimum Gasteiger partial charge on any atom is -0.335 e. The monoisotopic (exact) mass is 367 g/mol. The average molecular weight is 367 g/mol.